The van der Waals surface area contributed by atoms with E-state index in [2.05, 4.69) is 15.3 Å². The molecule has 0 unspecified atom stereocenters. The van der Waals surface area contributed by atoms with Crippen molar-refractivity contribution in [2.75, 3.05) is 0 Å². The Morgan fingerprint density at radius 3 is 2.80 bits per heavy atom. The maximum absolute atomic E-state index is 13.9. The van der Waals surface area contributed by atoms with E-state index in [-0.39, 0.29) is 17.0 Å². The number of hydrogen-bond acceptors (Lipinski definition) is 5. The molecule has 3 rings (SSSR count). The number of rotatable bonds is 3. The SMILES string of the molecule is O=C(O)c1nnn(-c2nccs2)c1-c1ccccc1F. The van der Waals surface area contributed by atoms with Gasteiger partial charge in [0, 0.05) is 17.1 Å². The zero-order chi connectivity index (χ0) is 14.1. The summed E-state index contributed by atoms with van der Waals surface area (Å²) in [7, 11) is 0. The minimum absolute atomic E-state index is 0.0746. The smallest absolute Gasteiger partial charge is 0.358 e. The molecule has 3 aromatic rings. The van der Waals surface area contributed by atoms with Crippen LogP contribution in [0.15, 0.2) is 35.8 Å². The summed E-state index contributed by atoms with van der Waals surface area (Å²) in [6.07, 6.45) is 1.55. The highest BCUT2D eigenvalue weighted by Gasteiger charge is 2.24. The fourth-order valence-corrected chi connectivity index (χ4v) is 2.37. The molecule has 0 amide bonds. The Morgan fingerprint density at radius 2 is 2.15 bits per heavy atom. The molecule has 0 saturated heterocycles. The molecule has 0 aliphatic rings. The Bertz CT molecular complexity index is 770. The molecule has 0 aliphatic heterocycles. The lowest BCUT2D eigenvalue weighted by atomic mass is 10.1. The summed E-state index contributed by atoms with van der Waals surface area (Å²) in [5, 5.41) is 18.7. The normalized spacial score (nSPS) is 10.7. The van der Waals surface area contributed by atoms with Gasteiger partial charge in [-0.15, -0.1) is 16.4 Å². The number of carboxylic acids is 1. The molecule has 0 spiro atoms. The first-order valence-electron chi connectivity index (χ1n) is 5.52. The fourth-order valence-electron chi connectivity index (χ4n) is 1.78. The predicted octanol–water partition coefficient (Wildman–Crippen LogP) is 2.23. The van der Waals surface area contributed by atoms with Crippen LogP contribution >= 0.6 is 11.3 Å². The highest BCUT2D eigenvalue weighted by molar-refractivity contribution is 7.12. The van der Waals surface area contributed by atoms with E-state index in [9.17, 15) is 14.3 Å². The lowest BCUT2D eigenvalue weighted by Gasteiger charge is -2.05. The van der Waals surface area contributed by atoms with Crippen LogP contribution in [-0.2, 0) is 0 Å². The fraction of sp³-hybridized carbons (Fsp3) is 0. The molecule has 6 nitrogen and oxygen atoms in total. The summed E-state index contributed by atoms with van der Waals surface area (Å²) in [4.78, 5) is 15.3. The molecule has 2 aromatic heterocycles. The molecule has 0 radical (unpaired) electrons. The number of halogens is 1. The van der Waals surface area contributed by atoms with Crippen LogP contribution in [0.1, 0.15) is 10.5 Å². The average Bonchev–Trinajstić information content (AvgIpc) is 3.07. The number of carbonyl (C=O) groups is 1. The summed E-state index contributed by atoms with van der Waals surface area (Å²) in [6.45, 7) is 0. The van der Waals surface area contributed by atoms with E-state index in [0.717, 1.165) is 0 Å². The minimum Gasteiger partial charge on any atom is -0.476 e. The number of carboxylic acid groups (broad SMARTS) is 1. The van der Waals surface area contributed by atoms with Gasteiger partial charge in [0.1, 0.15) is 11.5 Å². The van der Waals surface area contributed by atoms with Crippen molar-refractivity contribution in [1.82, 2.24) is 20.0 Å². The van der Waals surface area contributed by atoms with Crippen LogP contribution in [0.3, 0.4) is 0 Å². The Balaban J connectivity index is 2.30. The van der Waals surface area contributed by atoms with Gasteiger partial charge in [0.15, 0.2) is 5.69 Å². The number of hydrogen-bond donors (Lipinski definition) is 1. The Kier molecular flexibility index (Phi) is 2.99. The van der Waals surface area contributed by atoms with Crippen LogP contribution in [0.25, 0.3) is 16.4 Å². The van der Waals surface area contributed by atoms with Crippen molar-refractivity contribution in [2.24, 2.45) is 0 Å². The van der Waals surface area contributed by atoms with Crippen LogP contribution in [0.4, 0.5) is 4.39 Å². The third kappa shape index (κ3) is 1.95. The Morgan fingerprint density at radius 1 is 1.35 bits per heavy atom. The monoisotopic (exact) mass is 290 g/mol. The molecule has 1 aromatic carbocycles. The zero-order valence-corrected chi connectivity index (χ0v) is 10.7. The summed E-state index contributed by atoms with van der Waals surface area (Å²) >= 11 is 1.25. The largest absolute Gasteiger partial charge is 0.476 e. The molecular formula is C12H7FN4O2S. The highest BCUT2D eigenvalue weighted by atomic mass is 32.1. The van der Waals surface area contributed by atoms with E-state index in [1.807, 2.05) is 0 Å². The van der Waals surface area contributed by atoms with Crippen LogP contribution in [0.2, 0.25) is 0 Å². The molecule has 8 heteroatoms. The van der Waals surface area contributed by atoms with Crippen LogP contribution in [0, 0.1) is 5.82 Å². The second-order valence-corrected chi connectivity index (χ2v) is 4.67. The van der Waals surface area contributed by atoms with Gasteiger partial charge in [0.25, 0.3) is 0 Å². The van der Waals surface area contributed by atoms with Crippen LogP contribution in [0.5, 0.6) is 0 Å². The number of nitrogens with zero attached hydrogens (tertiary/aromatic N) is 4. The number of aromatic carboxylic acids is 1. The van der Waals surface area contributed by atoms with Crippen LogP contribution in [-0.4, -0.2) is 31.1 Å². The van der Waals surface area contributed by atoms with Crippen molar-refractivity contribution in [2.45, 2.75) is 0 Å². The standard InChI is InChI=1S/C12H7FN4O2S/c13-8-4-2-1-3-7(8)10-9(11(18)19)15-16-17(10)12-14-5-6-20-12/h1-6H,(H,18,19). The molecular weight excluding hydrogens is 283 g/mol. The summed E-state index contributed by atoms with van der Waals surface area (Å²) in [5.41, 5.74) is -0.124. The second kappa shape index (κ2) is 4.82. The number of thiazole rings is 1. The van der Waals surface area contributed by atoms with Gasteiger partial charge in [0.05, 0.1) is 0 Å². The van der Waals surface area contributed by atoms with Crippen molar-refractivity contribution < 1.29 is 14.3 Å². The predicted molar refractivity (Wildman–Crippen MR) is 69.4 cm³/mol. The van der Waals surface area contributed by atoms with Crippen LogP contribution < -0.4 is 0 Å². The van der Waals surface area contributed by atoms with E-state index in [1.54, 1.807) is 17.6 Å². The van der Waals surface area contributed by atoms with Crippen molar-refractivity contribution in [3.63, 3.8) is 0 Å². The second-order valence-electron chi connectivity index (χ2n) is 3.80. The highest BCUT2D eigenvalue weighted by Crippen LogP contribution is 2.28. The summed E-state index contributed by atoms with van der Waals surface area (Å²) < 4.78 is 15.2. The number of benzene rings is 1. The third-order valence-electron chi connectivity index (χ3n) is 2.60. The molecule has 0 bridgehead atoms. The van der Waals surface area contributed by atoms with E-state index in [0.29, 0.717) is 5.13 Å². The molecule has 20 heavy (non-hydrogen) atoms. The summed E-state index contributed by atoms with van der Waals surface area (Å²) in [5.74, 6) is -1.82. The van der Waals surface area contributed by atoms with E-state index >= 15 is 0 Å². The van der Waals surface area contributed by atoms with Gasteiger partial charge in [-0.3, -0.25) is 0 Å². The maximum Gasteiger partial charge on any atom is 0.358 e. The van der Waals surface area contributed by atoms with Gasteiger partial charge in [-0.1, -0.05) is 17.3 Å². The van der Waals surface area contributed by atoms with E-state index in [1.165, 1.54) is 34.2 Å². The first kappa shape index (κ1) is 12.4. The molecule has 0 fully saturated rings. The maximum atomic E-state index is 13.9. The minimum atomic E-state index is -1.27. The Labute approximate surface area is 116 Å². The summed E-state index contributed by atoms with van der Waals surface area (Å²) in [6, 6.07) is 5.87. The van der Waals surface area contributed by atoms with E-state index in [4.69, 9.17) is 0 Å². The number of aromatic nitrogens is 4. The molecule has 0 saturated carbocycles. The van der Waals surface area contributed by atoms with Gasteiger partial charge in [0.2, 0.25) is 5.13 Å². The van der Waals surface area contributed by atoms with E-state index < -0.39 is 11.8 Å². The van der Waals surface area contributed by atoms with Gasteiger partial charge in [-0.2, -0.15) is 4.68 Å². The lowest BCUT2D eigenvalue weighted by Crippen LogP contribution is -2.04. The molecule has 0 aliphatic carbocycles. The molecule has 0 atom stereocenters. The van der Waals surface area contributed by atoms with Gasteiger partial charge < -0.3 is 5.11 Å². The zero-order valence-electron chi connectivity index (χ0n) is 9.89. The first-order chi connectivity index (χ1) is 9.68. The third-order valence-corrected chi connectivity index (χ3v) is 3.35. The van der Waals surface area contributed by atoms with Crippen molar-refractivity contribution in [3.05, 3.63) is 47.4 Å². The van der Waals surface area contributed by atoms with Gasteiger partial charge >= 0.3 is 5.97 Å². The first-order valence-corrected chi connectivity index (χ1v) is 6.40. The Hall–Kier alpha value is -2.61. The average molecular weight is 290 g/mol. The topological polar surface area (TPSA) is 80.9 Å². The van der Waals surface area contributed by atoms with Crippen molar-refractivity contribution in [3.8, 4) is 16.4 Å². The molecule has 100 valence electrons. The quantitative estimate of drug-likeness (QED) is 0.800. The van der Waals surface area contributed by atoms with Crippen molar-refractivity contribution >= 4 is 17.3 Å². The lowest BCUT2D eigenvalue weighted by molar-refractivity contribution is 0.0691. The van der Waals surface area contributed by atoms with Gasteiger partial charge in [-0.25, -0.2) is 14.2 Å². The molecule has 1 N–H and O–H groups in total. The van der Waals surface area contributed by atoms with Gasteiger partial charge in [-0.05, 0) is 12.1 Å². The van der Waals surface area contributed by atoms with Crippen molar-refractivity contribution in [1.29, 1.82) is 0 Å². The molecule has 2 heterocycles.